The molecule has 2 aromatic carbocycles. The van der Waals surface area contributed by atoms with Crippen molar-refractivity contribution >= 4 is 17.6 Å². The Morgan fingerprint density at radius 1 is 1.28 bits per heavy atom. The number of ether oxygens (including phenoxy) is 1. The highest BCUT2D eigenvalue weighted by molar-refractivity contribution is 5.99. The van der Waals surface area contributed by atoms with E-state index in [0.29, 0.717) is 18.0 Å². The van der Waals surface area contributed by atoms with Gasteiger partial charge in [-0.1, -0.05) is 12.1 Å². The number of carboxylic acids is 1. The first-order valence-electron chi connectivity index (χ1n) is 7.95. The van der Waals surface area contributed by atoms with E-state index in [-0.39, 0.29) is 24.7 Å². The van der Waals surface area contributed by atoms with Gasteiger partial charge in [-0.15, -0.1) is 0 Å². The Morgan fingerprint density at radius 2 is 2.00 bits per heavy atom. The van der Waals surface area contributed by atoms with Crippen molar-refractivity contribution in [3.05, 3.63) is 59.4 Å². The van der Waals surface area contributed by atoms with Crippen LogP contribution in [0.4, 0.5) is 10.1 Å². The molecular formula is C19H18FNO4. The molecule has 1 amide bonds. The number of hydrogen-bond acceptors (Lipinski definition) is 3. The van der Waals surface area contributed by atoms with Gasteiger partial charge in [-0.25, -0.2) is 4.39 Å². The molecule has 1 aliphatic heterocycles. The molecule has 0 aromatic heterocycles. The molecule has 3 rings (SSSR count). The van der Waals surface area contributed by atoms with Crippen molar-refractivity contribution in [2.45, 2.75) is 20.0 Å². The van der Waals surface area contributed by atoms with Crippen LogP contribution in [0.3, 0.4) is 0 Å². The van der Waals surface area contributed by atoms with Crippen molar-refractivity contribution in [3.8, 4) is 5.75 Å². The number of hydrogen-bond donors (Lipinski definition) is 1. The minimum Gasteiger partial charge on any atom is -0.489 e. The molecule has 130 valence electrons. The van der Waals surface area contributed by atoms with Crippen LogP contribution in [-0.2, 0) is 16.2 Å². The van der Waals surface area contributed by atoms with Crippen molar-refractivity contribution in [1.82, 2.24) is 0 Å². The Labute approximate surface area is 144 Å². The fraction of sp³-hybridized carbons (Fsp3) is 0.263. The van der Waals surface area contributed by atoms with E-state index >= 15 is 0 Å². The van der Waals surface area contributed by atoms with Crippen LogP contribution < -0.4 is 9.64 Å². The number of rotatable bonds is 5. The van der Waals surface area contributed by atoms with Crippen LogP contribution in [0.25, 0.3) is 0 Å². The van der Waals surface area contributed by atoms with Crippen LogP contribution in [0.1, 0.15) is 17.5 Å². The fourth-order valence-corrected chi connectivity index (χ4v) is 2.83. The lowest BCUT2D eigenvalue weighted by Gasteiger charge is -2.18. The topological polar surface area (TPSA) is 66.8 Å². The predicted octanol–water partition coefficient (Wildman–Crippen LogP) is 3.15. The van der Waals surface area contributed by atoms with Crippen LogP contribution in [-0.4, -0.2) is 23.5 Å². The SMILES string of the molecule is Cc1cc(N2C[C@@H](C(=O)O)CC2=O)ccc1OCc1ccc(F)cc1. The predicted molar refractivity (Wildman–Crippen MR) is 90.0 cm³/mol. The molecule has 0 bridgehead atoms. The molecule has 1 aliphatic rings. The zero-order chi connectivity index (χ0) is 18.0. The number of carbonyl (C=O) groups is 2. The summed E-state index contributed by atoms with van der Waals surface area (Å²) >= 11 is 0. The summed E-state index contributed by atoms with van der Waals surface area (Å²) in [5.41, 5.74) is 2.36. The van der Waals surface area contributed by atoms with E-state index in [9.17, 15) is 14.0 Å². The third-order valence-corrected chi connectivity index (χ3v) is 4.25. The highest BCUT2D eigenvalue weighted by Gasteiger charge is 2.35. The van der Waals surface area contributed by atoms with Gasteiger partial charge in [0.1, 0.15) is 18.2 Å². The fourth-order valence-electron chi connectivity index (χ4n) is 2.83. The number of amides is 1. The average Bonchev–Trinajstić information content (AvgIpc) is 2.97. The third-order valence-electron chi connectivity index (χ3n) is 4.25. The molecule has 0 aliphatic carbocycles. The molecule has 1 heterocycles. The molecule has 0 spiro atoms. The van der Waals surface area contributed by atoms with Crippen molar-refractivity contribution in [1.29, 1.82) is 0 Å². The maximum absolute atomic E-state index is 12.9. The number of aryl methyl sites for hydroxylation is 1. The second-order valence-corrected chi connectivity index (χ2v) is 6.11. The lowest BCUT2D eigenvalue weighted by atomic mass is 10.1. The summed E-state index contributed by atoms with van der Waals surface area (Å²) in [5.74, 6) is -1.44. The molecule has 0 unspecified atom stereocenters. The molecule has 25 heavy (non-hydrogen) atoms. The van der Waals surface area contributed by atoms with Gasteiger partial charge in [-0.3, -0.25) is 9.59 Å². The van der Waals surface area contributed by atoms with Gasteiger partial charge in [0.2, 0.25) is 5.91 Å². The smallest absolute Gasteiger partial charge is 0.308 e. The van der Waals surface area contributed by atoms with Crippen LogP contribution in [0, 0.1) is 18.7 Å². The van der Waals surface area contributed by atoms with Gasteiger partial charge in [0.05, 0.1) is 5.92 Å². The number of aliphatic carboxylic acids is 1. The Balaban J connectivity index is 1.69. The average molecular weight is 343 g/mol. The largest absolute Gasteiger partial charge is 0.489 e. The summed E-state index contributed by atoms with van der Waals surface area (Å²) in [6, 6.07) is 11.4. The second kappa shape index (κ2) is 6.93. The van der Waals surface area contributed by atoms with Gasteiger partial charge in [0, 0.05) is 18.7 Å². The molecule has 5 nitrogen and oxygen atoms in total. The summed E-state index contributed by atoms with van der Waals surface area (Å²) in [5, 5.41) is 9.07. The van der Waals surface area contributed by atoms with Gasteiger partial charge in [-0.05, 0) is 48.4 Å². The molecule has 0 radical (unpaired) electrons. The van der Waals surface area contributed by atoms with Crippen LogP contribution in [0.2, 0.25) is 0 Å². The zero-order valence-electron chi connectivity index (χ0n) is 13.7. The van der Waals surface area contributed by atoms with E-state index in [1.54, 1.807) is 24.3 Å². The first-order chi connectivity index (χ1) is 11.9. The molecule has 1 atom stereocenters. The van der Waals surface area contributed by atoms with E-state index in [1.165, 1.54) is 17.0 Å². The number of halogens is 1. The van der Waals surface area contributed by atoms with Gasteiger partial charge in [0.15, 0.2) is 0 Å². The van der Waals surface area contributed by atoms with Crippen LogP contribution in [0.15, 0.2) is 42.5 Å². The highest BCUT2D eigenvalue weighted by Crippen LogP contribution is 2.29. The molecule has 6 heteroatoms. The zero-order valence-corrected chi connectivity index (χ0v) is 13.7. The van der Waals surface area contributed by atoms with E-state index in [0.717, 1.165) is 11.1 Å². The summed E-state index contributed by atoms with van der Waals surface area (Å²) in [4.78, 5) is 24.6. The van der Waals surface area contributed by atoms with Crippen molar-refractivity contribution in [3.63, 3.8) is 0 Å². The standard InChI is InChI=1S/C19H18FNO4/c1-12-8-16(21-10-14(19(23)24)9-18(21)22)6-7-17(12)25-11-13-2-4-15(20)5-3-13/h2-8,14H,9-11H2,1H3,(H,23,24)/t14-/m0/s1. The van der Waals surface area contributed by atoms with Crippen LogP contribution in [0.5, 0.6) is 5.75 Å². The first-order valence-corrected chi connectivity index (χ1v) is 7.95. The van der Waals surface area contributed by atoms with E-state index in [4.69, 9.17) is 9.84 Å². The molecule has 1 N–H and O–H groups in total. The molecule has 0 saturated carbocycles. The van der Waals surface area contributed by atoms with Gasteiger partial charge in [0.25, 0.3) is 0 Å². The van der Waals surface area contributed by atoms with Gasteiger partial charge >= 0.3 is 5.97 Å². The Hall–Kier alpha value is -2.89. The summed E-state index contributed by atoms with van der Waals surface area (Å²) in [7, 11) is 0. The van der Waals surface area contributed by atoms with Crippen molar-refractivity contribution in [2.75, 3.05) is 11.4 Å². The Morgan fingerprint density at radius 3 is 2.60 bits per heavy atom. The maximum atomic E-state index is 12.9. The number of carboxylic acid groups (broad SMARTS) is 1. The molecule has 1 saturated heterocycles. The van der Waals surface area contributed by atoms with E-state index in [1.807, 2.05) is 13.0 Å². The lowest BCUT2D eigenvalue weighted by Crippen LogP contribution is -2.25. The van der Waals surface area contributed by atoms with E-state index < -0.39 is 11.9 Å². The third kappa shape index (κ3) is 3.79. The van der Waals surface area contributed by atoms with Gasteiger partial charge < -0.3 is 14.7 Å². The maximum Gasteiger partial charge on any atom is 0.308 e. The van der Waals surface area contributed by atoms with Crippen molar-refractivity contribution in [2.24, 2.45) is 5.92 Å². The summed E-state index contributed by atoms with van der Waals surface area (Å²) in [6.07, 6.45) is 0.0250. The number of benzene rings is 2. The van der Waals surface area contributed by atoms with E-state index in [2.05, 4.69) is 0 Å². The molecule has 1 fully saturated rings. The number of nitrogens with zero attached hydrogens (tertiary/aromatic N) is 1. The molecule has 2 aromatic rings. The Kier molecular flexibility index (Phi) is 4.70. The van der Waals surface area contributed by atoms with Crippen molar-refractivity contribution < 1.29 is 23.8 Å². The minimum absolute atomic E-state index is 0.0250. The highest BCUT2D eigenvalue weighted by atomic mass is 19.1. The number of anilines is 1. The van der Waals surface area contributed by atoms with Crippen LogP contribution >= 0.6 is 0 Å². The summed E-state index contributed by atoms with van der Waals surface area (Å²) in [6.45, 7) is 2.35. The summed E-state index contributed by atoms with van der Waals surface area (Å²) < 4.78 is 18.7. The minimum atomic E-state index is -0.952. The first kappa shape index (κ1) is 17.0. The Bertz CT molecular complexity index is 804. The second-order valence-electron chi connectivity index (χ2n) is 6.11. The lowest BCUT2D eigenvalue weighted by molar-refractivity contribution is -0.141. The normalized spacial score (nSPS) is 17.0. The number of carbonyl (C=O) groups excluding carboxylic acids is 1. The van der Waals surface area contributed by atoms with Gasteiger partial charge in [-0.2, -0.15) is 0 Å². The molecular weight excluding hydrogens is 325 g/mol. The quantitative estimate of drug-likeness (QED) is 0.906. The monoisotopic (exact) mass is 343 g/mol.